The van der Waals surface area contributed by atoms with Crippen molar-refractivity contribution in [3.63, 3.8) is 0 Å². The molecule has 0 spiro atoms. The topological polar surface area (TPSA) is 24.1 Å². The molecule has 1 unspecified atom stereocenters. The van der Waals surface area contributed by atoms with Gasteiger partial charge in [-0.15, -0.1) is 0 Å². The lowest BCUT2D eigenvalue weighted by Gasteiger charge is -2.11. The van der Waals surface area contributed by atoms with Crippen LogP contribution in [0, 0.1) is 5.82 Å². The van der Waals surface area contributed by atoms with Crippen LogP contribution in [0.3, 0.4) is 0 Å². The summed E-state index contributed by atoms with van der Waals surface area (Å²) in [5.41, 5.74) is 0.715. The Morgan fingerprint density at radius 3 is 3.12 bits per heavy atom. The van der Waals surface area contributed by atoms with Gasteiger partial charge in [0.2, 0.25) is 0 Å². The van der Waals surface area contributed by atoms with Gasteiger partial charge in [0.05, 0.1) is 0 Å². The molecule has 2 N–H and O–H groups in total. The molecule has 0 aromatic heterocycles. The molecule has 1 heterocycles. The van der Waals surface area contributed by atoms with E-state index in [9.17, 15) is 4.39 Å². The summed E-state index contributed by atoms with van der Waals surface area (Å²) in [5, 5.41) is 6.69. The molecule has 1 aromatic carbocycles. The van der Waals surface area contributed by atoms with Crippen LogP contribution in [0.4, 0.5) is 4.39 Å². The summed E-state index contributed by atoms with van der Waals surface area (Å²) in [4.78, 5) is 0. The van der Waals surface area contributed by atoms with Gasteiger partial charge in [0.15, 0.2) is 0 Å². The first-order valence-electron chi connectivity index (χ1n) is 5.64. The molecule has 1 aliphatic rings. The van der Waals surface area contributed by atoms with Crippen molar-refractivity contribution in [2.45, 2.75) is 25.4 Å². The maximum absolute atomic E-state index is 13.4. The van der Waals surface area contributed by atoms with Crippen LogP contribution in [0.25, 0.3) is 0 Å². The average Bonchev–Trinajstić information content (AvgIpc) is 2.76. The maximum Gasteiger partial charge on any atom is 0.127 e. The van der Waals surface area contributed by atoms with Gasteiger partial charge in [-0.25, -0.2) is 4.39 Å². The third-order valence-corrected chi connectivity index (χ3v) is 3.37. The molecule has 0 bridgehead atoms. The summed E-state index contributed by atoms with van der Waals surface area (Å²) in [6.07, 6.45) is 2.46. The Kier molecular flexibility index (Phi) is 4.32. The van der Waals surface area contributed by atoms with E-state index < -0.39 is 0 Å². The first kappa shape index (κ1) is 12.0. The van der Waals surface area contributed by atoms with Crippen LogP contribution in [-0.4, -0.2) is 19.1 Å². The van der Waals surface area contributed by atoms with Crippen molar-refractivity contribution >= 4 is 15.9 Å². The molecule has 2 nitrogen and oxygen atoms in total. The molecule has 1 atom stereocenters. The predicted octanol–water partition coefficient (Wildman–Crippen LogP) is 2.43. The zero-order valence-corrected chi connectivity index (χ0v) is 10.7. The minimum absolute atomic E-state index is 0.143. The van der Waals surface area contributed by atoms with Gasteiger partial charge in [-0.05, 0) is 37.6 Å². The Balaban J connectivity index is 1.82. The zero-order valence-electron chi connectivity index (χ0n) is 9.10. The van der Waals surface area contributed by atoms with Crippen LogP contribution in [0.5, 0.6) is 0 Å². The van der Waals surface area contributed by atoms with Gasteiger partial charge in [0, 0.05) is 29.2 Å². The molecule has 1 aromatic rings. The minimum Gasteiger partial charge on any atom is -0.313 e. The Bertz CT molecular complexity index is 351. The molecule has 1 aliphatic heterocycles. The van der Waals surface area contributed by atoms with E-state index in [-0.39, 0.29) is 5.82 Å². The van der Waals surface area contributed by atoms with Gasteiger partial charge in [-0.1, -0.05) is 15.9 Å². The van der Waals surface area contributed by atoms with Gasteiger partial charge in [-0.2, -0.15) is 0 Å². The van der Waals surface area contributed by atoms with Crippen molar-refractivity contribution in [3.8, 4) is 0 Å². The van der Waals surface area contributed by atoms with E-state index in [1.165, 1.54) is 18.9 Å². The van der Waals surface area contributed by atoms with Crippen LogP contribution in [0.2, 0.25) is 0 Å². The largest absolute Gasteiger partial charge is 0.313 e. The predicted molar refractivity (Wildman–Crippen MR) is 66.8 cm³/mol. The van der Waals surface area contributed by atoms with Gasteiger partial charge in [0.25, 0.3) is 0 Å². The molecule has 1 saturated heterocycles. The van der Waals surface area contributed by atoms with E-state index in [1.807, 2.05) is 6.07 Å². The summed E-state index contributed by atoms with van der Waals surface area (Å²) in [6.45, 7) is 2.60. The highest BCUT2D eigenvalue weighted by atomic mass is 79.9. The molecule has 0 aliphatic carbocycles. The lowest BCUT2D eigenvalue weighted by atomic mass is 10.2. The SMILES string of the molecule is Fc1ccc(Br)cc1CNCC1CCCN1. The molecule has 0 amide bonds. The van der Waals surface area contributed by atoms with Crippen molar-refractivity contribution in [2.24, 2.45) is 0 Å². The van der Waals surface area contributed by atoms with E-state index in [0.29, 0.717) is 18.2 Å². The van der Waals surface area contributed by atoms with Crippen LogP contribution >= 0.6 is 15.9 Å². The van der Waals surface area contributed by atoms with E-state index in [2.05, 4.69) is 26.6 Å². The second-order valence-corrected chi connectivity index (χ2v) is 5.08. The summed E-state index contributed by atoms with van der Waals surface area (Å²) >= 11 is 3.35. The number of rotatable bonds is 4. The van der Waals surface area contributed by atoms with Crippen molar-refractivity contribution in [1.82, 2.24) is 10.6 Å². The van der Waals surface area contributed by atoms with Gasteiger partial charge >= 0.3 is 0 Å². The van der Waals surface area contributed by atoms with Gasteiger partial charge < -0.3 is 10.6 Å². The van der Waals surface area contributed by atoms with Gasteiger partial charge in [-0.3, -0.25) is 0 Å². The van der Waals surface area contributed by atoms with Crippen LogP contribution < -0.4 is 10.6 Å². The molecule has 16 heavy (non-hydrogen) atoms. The third-order valence-electron chi connectivity index (χ3n) is 2.88. The number of hydrogen-bond acceptors (Lipinski definition) is 2. The summed E-state index contributed by atoms with van der Waals surface area (Å²) < 4.78 is 14.3. The quantitative estimate of drug-likeness (QED) is 0.888. The molecule has 0 saturated carbocycles. The highest BCUT2D eigenvalue weighted by Gasteiger charge is 2.13. The van der Waals surface area contributed by atoms with Crippen LogP contribution in [0.1, 0.15) is 18.4 Å². The zero-order chi connectivity index (χ0) is 11.4. The summed E-state index contributed by atoms with van der Waals surface area (Å²) in [6, 6.07) is 5.59. The van der Waals surface area contributed by atoms with Crippen molar-refractivity contribution in [2.75, 3.05) is 13.1 Å². The first-order valence-corrected chi connectivity index (χ1v) is 6.43. The number of halogens is 2. The molecule has 88 valence electrons. The van der Waals surface area contributed by atoms with Crippen molar-refractivity contribution < 1.29 is 4.39 Å². The Hall–Kier alpha value is -0.450. The third kappa shape index (κ3) is 3.27. The van der Waals surface area contributed by atoms with Crippen molar-refractivity contribution in [1.29, 1.82) is 0 Å². The monoisotopic (exact) mass is 286 g/mol. The number of benzene rings is 1. The second-order valence-electron chi connectivity index (χ2n) is 4.16. The number of nitrogens with one attached hydrogen (secondary N) is 2. The molecule has 4 heteroatoms. The molecular weight excluding hydrogens is 271 g/mol. The first-order chi connectivity index (χ1) is 7.75. The Morgan fingerprint density at radius 2 is 2.38 bits per heavy atom. The van der Waals surface area contributed by atoms with E-state index in [4.69, 9.17) is 0 Å². The Morgan fingerprint density at radius 1 is 1.50 bits per heavy atom. The highest BCUT2D eigenvalue weighted by molar-refractivity contribution is 9.10. The van der Waals surface area contributed by atoms with E-state index >= 15 is 0 Å². The van der Waals surface area contributed by atoms with Gasteiger partial charge in [0.1, 0.15) is 5.82 Å². The van der Waals surface area contributed by atoms with E-state index in [0.717, 1.165) is 17.6 Å². The molecule has 0 radical (unpaired) electrons. The standard InChI is InChI=1S/C12H16BrFN2/c13-10-3-4-12(14)9(6-10)7-15-8-11-2-1-5-16-11/h3-4,6,11,15-16H,1-2,5,7-8H2. The molecular formula is C12H16BrFN2. The normalized spacial score (nSPS) is 20.2. The fourth-order valence-corrected chi connectivity index (χ4v) is 2.40. The average molecular weight is 287 g/mol. The lowest BCUT2D eigenvalue weighted by molar-refractivity contribution is 0.523. The minimum atomic E-state index is -0.143. The molecule has 2 rings (SSSR count). The summed E-state index contributed by atoms with van der Waals surface area (Å²) in [5.74, 6) is -0.143. The lowest BCUT2D eigenvalue weighted by Crippen LogP contribution is -2.33. The smallest absolute Gasteiger partial charge is 0.127 e. The number of hydrogen-bond donors (Lipinski definition) is 2. The summed E-state index contributed by atoms with van der Waals surface area (Å²) in [7, 11) is 0. The maximum atomic E-state index is 13.4. The molecule has 1 fully saturated rings. The van der Waals surface area contributed by atoms with E-state index in [1.54, 1.807) is 6.07 Å². The van der Waals surface area contributed by atoms with Crippen molar-refractivity contribution in [3.05, 3.63) is 34.1 Å². The highest BCUT2D eigenvalue weighted by Crippen LogP contribution is 2.15. The Labute approximate surface area is 104 Å². The van der Waals surface area contributed by atoms with Crippen LogP contribution in [0.15, 0.2) is 22.7 Å². The fraction of sp³-hybridized carbons (Fsp3) is 0.500. The fourth-order valence-electron chi connectivity index (χ4n) is 1.99. The second kappa shape index (κ2) is 5.75. The van der Waals surface area contributed by atoms with Crippen LogP contribution in [-0.2, 0) is 6.54 Å².